The Bertz CT molecular complexity index is 1220. The fourth-order valence-corrected chi connectivity index (χ4v) is 3.04. The van der Waals surface area contributed by atoms with E-state index in [1.165, 1.54) is 12.1 Å². The molecule has 0 spiro atoms. The maximum atomic E-state index is 13.3. The summed E-state index contributed by atoms with van der Waals surface area (Å²) >= 11 is 0. The summed E-state index contributed by atoms with van der Waals surface area (Å²) in [4.78, 5) is 16.3. The van der Waals surface area contributed by atoms with E-state index < -0.39 is 17.8 Å². The zero-order chi connectivity index (χ0) is 22.7. The van der Waals surface area contributed by atoms with Gasteiger partial charge in [0, 0.05) is 36.1 Å². The lowest BCUT2D eigenvalue weighted by Gasteiger charge is -2.08. The Kier molecular flexibility index (Phi) is 5.71. The van der Waals surface area contributed by atoms with Crippen LogP contribution in [0.15, 0.2) is 60.9 Å². The summed E-state index contributed by atoms with van der Waals surface area (Å²) in [6.07, 6.45) is -1.33. The van der Waals surface area contributed by atoms with Crippen LogP contribution >= 0.6 is 0 Å². The van der Waals surface area contributed by atoms with Crippen LogP contribution in [0.2, 0.25) is 0 Å². The molecule has 0 atom stereocenters. The number of carbonyl (C=O) groups is 1. The molecule has 1 aromatic carbocycles. The molecular weight excluding hydrogens is 428 g/mol. The summed E-state index contributed by atoms with van der Waals surface area (Å²) in [5, 5.41) is 12.3. The highest BCUT2D eigenvalue weighted by molar-refractivity contribution is 5.92. The fourth-order valence-electron chi connectivity index (χ4n) is 3.04. The van der Waals surface area contributed by atoms with Crippen molar-refractivity contribution in [3.05, 3.63) is 78.1 Å². The van der Waals surface area contributed by atoms with E-state index in [0.29, 0.717) is 23.0 Å². The van der Waals surface area contributed by atoms with Gasteiger partial charge in [-0.05, 0) is 42.5 Å². The van der Waals surface area contributed by atoms with Crippen LogP contribution in [0.25, 0.3) is 22.5 Å². The minimum absolute atomic E-state index is 0.0881. The molecule has 7 nitrogen and oxygen atoms in total. The number of aromatic amines is 1. The van der Waals surface area contributed by atoms with Gasteiger partial charge in [0.25, 0.3) is 5.91 Å². The van der Waals surface area contributed by atoms with Gasteiger partial charge in [-0.3, -0.25) is 19.6 Å². The first-order valence-electron chi connectivity index (χ1n) is 9.46. The van der Waals surface area contributed by atoms with Crippen molar-refractivity contribution in [1.82, 2.24) is 30.3 Å². The molecule has 0 unspecified atom stereocenters. The van der Waals surface area contributed by atoms with Crippen molar-refractivity contribution >= 4 is 5.91 Å². The number of alkyl halides is 3. The molecule has 0 radical (unpaired) electrons. The molecule has 4 aromatic rings. The molecule has 0 fully saturated rings. The molecule has 3 aromatic heterocycles. The van der Waals surface area contributed by atoms with Gasteiger partial charge >= 0.3 is 6.18 Å². The molecular formula is C21H16F4N6O. The van der Waals surface area contributed by atoms with Gasteiger partial charge in [0.2, 0.25) is 0 Å². The van der Waals surface area contributed by atoms with Crippen LogP contribution in [-0.4, -0.2) is 37.4 Å². The zero-order valence-electron chi connectivity index (χ0n) is 16.4. The van der Waals surface area contributed by atoms with E-state index in [-0.39, 0.29) is 24.6 Å². The molecule has 4 rings (SSSR count). The average Bonchev–Trinajstić information content (AvgIpc) is 3.43. The second-order valence-electron chi connectivity index (χ2n) is 6.81. The van der Waals surface area contributed by atoms with Gasteiger partial charge in [-0.2, -0.15) is 23.4 Å². The number of aromatic nitrogens is 5. The van der Waals surface area contributed by atoms with Crippen molar-refractivity contribution in [3.8, 4) is 22.5 Å². The third-order valence-corrected chi connectivity index (χ3v) is 4.60. The molecule has 32 heavy (non-hydrogen) atoms. The third kappa shape index (κ3) is 4.66. The summed E-state index contributed by atoms with van der Waals surface area (Å²) in [5.41, 5.74) is 1.33. The molecule has 0 saturated heterocycles. The number of nitrogens with zero attached hydrogens (tertiary/aromatic N) is 4. The third-order valence-electron chi connectivity index (χ3n) is 4.60. The first kappa shape index (κ1) is 21.2. The SMILES string of the molecule is O=C(NCCn1nc(-c2ccc(F)cc2)cc1-c1cccnc1)c1cc(C(F)(F)F)[nH]n1. The maximum absolute atomic E-state index is 13.3. The second-order valence-corrected chi connectivity index (χ2v) is 6.81. The Morgan fingerprint density at radius 1 is 1.09 bits per heavy atom. The quantitative estimate of drug-likeness (QED) is 0.441. The van der Waals surface area contributed by atoms with E-state index in [0.717, 1.165) is 5.56 Å². The van der Waals surface area contributed by atoms with E-state index in [1.54, 1.807) is 40.4 Å². The number of benzene rings is 1. The molecule has 0 saturated carbocycles. The van der Waals surface area contributed by atoms with Gasteiger partial charge in [0.05, 0.1) is 17.9 Å². The fraction of sp³-hybridized carbons (Fsp3) is 0.143. The van der Waals surface area contributed by atoms with E-state index in [1.807, 2.05) is 12.1 Å². The van der Waals surface area contributed by atoms with Crippen molar-refractivity contribution in [3.63, 3.8) is 0 Å². The largest absolute Gasteiger partial charge is 0.432 e. The highest BCUT2D eigenvalue weighted by Crippen LogP contribution is 2.28. The Morgan fingerprint density at radius 3 is 2.53 bits per heavy atom. The lowest BCUT2D eigenvalue weighted by molar-refractivity contribution is -0.141. The van der Waals surface area contributed by atoms with Crippen LogP contribution < -0.4 is 5.32 Å². The maximum Gasteiger partial charge on any atom is 0.432 e. The summed E-state index contributed by atoms with van der Waals surface area (Å²) in [6, 6.07) is 11.9. The van der Waals surface area contributed by atoms with Gasteiger partial charge in [-0.25, -0.2) is 4.39 Å². The number of pyridine rings is 1. The first-order valence-corrected chi connectivity index (χ1v) is 9.46. The number of nitrogens with one attached hydrogen (secondary N) is 2. The van der Waals surface area contributed by atoms with Gasteiger partial charge in [-0.15, -0.1) is 0 Å². The molecule has 0 bridgehead atoms. The lowest BCUT2D eigenvalue weighted by atomic mass is 10.1. The van der Waals surface area contributed by atoms with Gasteiger partial charge < -0.3 is 5.32 Å². The molecule has 0 aliphatic rings. The smallest absolute Gasteiger partial charge is 0.349 e. The van der Waals surface area contributed by atoms with Crippen LogP contribution in [0, 0.1) is 5.82 Å². The van der Waals surface area contributed by atoms with Gasteiger partial charge in [-0.1, -0.05) is 0 Å². The summed E-state index contributed by atoms with van der Waals surface area (Å²) in [6.45, 7) is 0.318. The van der Waals surface area contributed by atoms with Gasteiger partial charge in [0.15, 0.2) is 5.69 Å². The van der Waals surface area contributed by atoms with Crippen LogP contribution in [0.3, 0.4) is 0 Å². The summed E-state index contributed by atoms with van der Waals surface area (Å²) in [5.74, 6) is -1.11. The van der Waals surface area contributed by atoms with E-state index in [9.17, 15) is 22.4 Å². The van der Waals surface area contributed by atoms with Crippen LogP contribution in [-0.2, 0) is 12.7 Å². The number of amides is 1. The van der Waals surface area contributed by atoms with Crippen molar-refractivity contribution in [1.29, 1.82) is 0 Å². The normalized spacial score (nSPS) is 11.5. The number of hydrogen-bond donors (Lipinski definition) is 2. The van der Waals surface area contributed by atoms with Crippen molar-refractivity contribution < 1.29 is 22.4 Å². The van der Waals surface area contributed by atoms with E-state index in [4.69, 9.17) is 0 Å². The molecule has 3 heterocycles. The monoisotopic (exact) mass is 444 g/mol. The topological polar surface area (TPSA) is 88.5 Å². The molecule has 11 heteroatoms. The van der Waals surface area contributed by atoms with Crippen molar-refractivity contribution in [2.24, 2.45) is 0 Å². The number of H-pyrrole nitrogens is 1. The molecule has 164 valence electrons. The predicted octanol–water partition coefficient (Wildman–Crippen LogP) is 3.92. The standard InChI is InChI=1S/C21H16F4N6O/c22-15-5-3-13(4-6-15)16-10-18(14-2-1-7-26-12-14)31(30-16)9-8-27-20(32)17-11-19(29-28-17)21(23,24)25/h1-7,10-12H,8-9H2,(H,27,32)(H,28,29). The Hall–Kier alpha value is -4.02. The predicted molar refractivity (Wildman–Crippen MR) is 107 cm³/mol. The zero-order valence-corrected chi connectivity index (χ0v) is 16.4. The van der Waals surface area contributed by atoms with Crippen LogP contribution in [0.5, 0.6) is 0 Å². The number of hydrogen-bond acceptors (Lipinski definition) is 4. The average molecular weight is 444 g/mol. The number of rotatable bonds is 6. The highest BCUT2D eigenvalue weighted by Gasteiger charge is 2.33. The van der Waals surface area contributed by atoms with Gasteiger partial charge in [0.1, 0.15) is 11.5 Å². The van der Waals surface area contributed by atoms with Crippen LogP contribution in [0.1, 0.15) is 16.2 Å². The Balaban J connectivity index is 1.51. The lowest BCUT2D eigenvalue weighted by Crippen LogP contribution is -2.28. The van der Waals surface area contributed by atoms with E-state index in [2.05, 4.69) is 20.5 Å². The van der Waals surface area contributed by atoms with Crippen molar-refractivity contribution in [2.45, 2.75) is 12.7 Å². The number of carbonyl (C=O) groups excluding carboxylic acids is 1. The van der Waals surface area contributed by atoms with E-state index >= 15 is 0 Å². The summed E-state index contributed by atoms with van der Waals surface area (Å²) in [7, 11) is 0. The highest BCUT2D eigenvalue weighted by atomic mass is 19.4. The minimum atomic E-state index is -4.62. The Labute approximate surface area is 179 Å². The molecule has 0 aliphatic carbocycles. The number of halogens is 4. The molecule has 0 aliphatic heterocycles. The minimum Gasteiger partial charge on any atom is -0.349 e. The molecule has 1 amide bonds. The van der Waals surface area contributed by atoms with Crippen LogP contribution in [0.4, 0.5) is 17.6 Å². The molecule has 2 N–H and O–H groups in total. The first-order chi connectivity index (χ1) is 15.3. The second kappa shape index (κ2) is 8.61. The Morgan fingerprint density at radius 2 is 1.88 bits per heavy atom. The summed E-state index contributed by atoms with van der Waals surface area (Å²) < 4.78 is 52.9. The van der Waals surface area contributed by atoms with Crippen molar-refractivity contribution in [2.75, 3.05) is 6.54 Å².